The van der Waals surface area contributed by atoms with Crippen LogP contribution in [0.15, 0.2) is 42.5 Å². The normalized spacial score (nSPS) is 10.8. The van der Waals surface area contributed by atoms with Gasteiger partial charge in [0.1, 0.15) is 5.75 Å². The first-order valence-electron chi connectivity index (χ1n) is 6.81. The van der Waals surface area contributed by atoms with Crippen LogP contribution in [0.1, 0.15) is 16.7 Å². The fourth-order valence-electron chi connectivity index (χ4n) is 2.22. The SMILES string of the molecule is Cc1ccc(O)c(CNc2ccccc2CN(C)C)c1. The second kappa shape index (κ2) is 6.44. The molecule has 0 amide bonds. The average Bonchev–Trinajstić information content (AvgIpc) is 2.41. The summed E-state index contributed by atoms with van der Waals surface area (Å²) < 4.78 is 0. The summed E-state index contributed by atoms with van der Waals surface area (Å²) in [5.74, 6) is 0.341. The molecule has 0 atom stereocenters. The van der Waals surface area contributed by atoms with Gasteiger partial charge >= 0.3 is 0 Å². The molecule has 20 heavy (non-hydrogen) atoms. The zero-order chi connectivity index (χ0) is 14.5. The Bertz CT molecular complexity index is 579. The van der Waals surface area contributed by atoms with E-state index in [1.54, 1.807) is 6.07 Å². The van der Waals surface area contributed by atoms with Crippen LogP contribution in [0.5, 0.6) is 5.75 Å². The minimum absolute atomic E-state index is 0.341. The lowest BCUT2D eigenvalue weighted by molar-refractivity contribution is 0.403. The number of aryl methyl sites for hydroxylation is 1. The number of aromatic hydroxyl groups is 1. The van der Waals surface area contributed by atoms with Gasteiger partial charge in [-0.25, -0.2) is 0 Å². The Balaban J connectivity index is 2.12. The lowest BCUT2D eigenvalue weighted by Crippen LogP contribution is -2.12. The zero-order valence-corrected chi connectivity index (χ0v) is 12.4. The van der Waals surface area contributed by atoms with E-state index in [-0.39, 0.29) is 0 Å². The summed E-state index contributed by atoms with van der Waals surface area (Å²) in [7, 11) is 4.12. The highest BCUT2D eigenvalue weighted by atomic mass is 16.3. The quantitative estimate of drug-likeness (QED) is 0.874. The highest BCUT2D eigenvalue weighted by molar-refractivity contribution is 5.52. The van der Waals surface area contributed by atoms with E-state index in [0.29, 0.717) is 12.3 Å². The zero-order valence-electron chi connectivity index (χ0n) is 12.4. The maximum Gasteiger partial charge on any atom is 0.120 e. The van der Waals surface area contributed by atoms with E-state index in [2.05, 4.69) is 36.4 Å². The van der Waals surface area contributed by atoms with Crippen LogP contribution < -0.4 is 5.32 Å². The topological polar surface area (TPSA) is 35.5 Å². The summed E-state index contributed by atoms with van der Waals surface area (Å²) in [5, 5.41) is 13.3. The lowest BCUT2D eigenvalue weighted by Gasteiger charge is -2.16. The van der Waals surface area contributed by atoms with Crippen LogP contribution in [0.25, 0.3) is 0 Å². The second-order valence-electron chi connectivity index (χ2n) is 5.38. The van der Waals surface area contributed by atoms with Gasteiger partial charge in [-0.3, -0.25) is 0 Å². The molecule has 0 radical (unpaired) electrons. The number of benzene rings is 2. The van der Waals surface area contributed by atoms with Crippen LogP contribution >= 0.6 is 0 Å². The van der Waals surface area contributed by atoms with Crippen molar-refractivity contribution in [3.63, 3.8) is 0 Å². The van der Waals surface area contributed by atoms with Gasteiger partial charge < -0.3 is 15.3 Å². The van der Waals surface area contributed by atoms with E-state index in [0.717, 1.165) is 23.4 Å². The smallest absolute Gasteiger partial charge is 0.120 e. The molecule has 0 aliphatic carbocycles. The fraction of sp³-hybridized carbons (Fsp3) is 0.294. The first kappa shape index (κ1) is 14.4. The van der Waals surface area contributed by atoms with Crippen molar-refractivity contribution in [3.8, 4) is 5.75 Å². The molecule has 106 valence electrons. The number of para-hydroxylation sites is 1. The van der Waals surface area contributed by atoms with Gasteiger partial charge in [0.2, 0.25) is 0 Å². The first-order valence-corrected chi connectivity index (χ1v) is 6.81. The third-order valence-electron chi connectivity index (χ3n) is 3.21. The van der Waals surface area contributed by atoms with Crippen LogP contribution in [-0.2, 0) is 13.1 Å². The van der Waals surface area contributed by atoms with Crippen molar-refractivity contribution in [2.75, 3.05) is 19.4 Å². The van der Waals surface area contributed by atoms with E-state index < -0.39 is 0 Å². The van der Waals surface area contributed by atoms with E-state index in [1.807, 2.05) is 31.2 Å². The summed E-state index contributed by atoms with van der Waals surface area (Å²) in [6, 6.07) is 13.9. The molecule has 0 saturated carbocycles. The number of nitrogens with one attached hydrogen (secondary N) is 1. The van der Waals surface area contributed by atoms with E-state index in [4.69, 9.17) is 0 Å². The predicted octanol–water partition coefficient (Wildman–Crippen LogP) is 3.37. The predicted molar refractivity (Wildman–Crippen MR) is 84.0 cm³/mol. The summed E-state index contributed by atoms with van der Waals surface area (Å²) in [6.45, 7) is 3.55. The second-order valence-corrected chi connectivity index (χ2v) is 5.38. The summed E-state index contributed by atoms with van der Waals surface area (Å²) >= 11 is 0. The van der Waals surface area contributed by atoms with Gasteiger partial charge in [0.25, 0.3) is 0 Å². The molecule has 2 rings (SSSR count). The largest absolute Gasteiger partial charge is 0.508 e. The van der Waals surface area contributed by atoms with Crippen molar-refractivity contribution < 1.29 is 5.11 Å². The van der Waals surface area contributed by atoms with Crippen molar-refractivity contribution in [2.24, 2.45) is 0 Å². The molecule has 0 aliphatic heterocycles. The maximum atomic E-state index is 9.88. The van der Waals surface area contributed by atoms with Crippen LogP contribution in [0, 0.1) is 6.92 Å². The Labute approximate surface area is 120 Å². The number of rotatable bonds is 5. The molecule has 3 nitrogen and oxygen atoms in total. The number of phenols is 1. The molecular formula is C17H22N2O. The summed E-state index contributed by atoms with van der Waals surface area (Å²) in [6.07, 6.45) is 0. The third-order valence-corrected chi connectivity index (χ3v) is 3.21. The molecule has 0 saturated heterocycles. The number of hydrogen-bond acceptors (Lipinski definition) is 3. The van der Waals surface area contributed by atoms with Crippen molar-refractivity contribution in [2.45, 2.75) is 20.0 Å². The van der Waals surface area contributed by atoms with Gasteiger partial charge in [-0.05, 0) is 38.7 Å². The molecule has 3 heteroatoms. The fourth-order valence-corrected chi connectivity index (χ4v) is 2.22. The summed E-state index contributed by atoms with van der Waals surface area (Å²) in [5.41, 5.74) is 4.44. The van der Waals surface area contributed by atoms with Crippen LogP contribution in [0.2, 0.25) is 0 Å². The maximum absolute atomic E-state index is 9.88. The van der Waals surface area contributed by atoms with Gasteiger partial charge in [-0.1, -0.05) is 35.9 Å². The summed E-state index contributed by atoms with van der Waals surface area (Å²) in [4.78, 5) is 2.14. The standard InChI is InChI=1S/C17H22N2O/c1-13-8-9-17(20)15(10-13)11-18-16-7-5-4-6-14(16)12-19(2)3/h4-10,18,20H,11-12H2,1-3H3. The van der Waals surface area contributed by atoms with E-state index in [9.17, 15) is 5.11 Å². The number of hydrogen-bond donors (Lipinski definition) is 2. The number of anilines is 1. The molecule has 0 fully saturated rings. The van der Waals surface area contributed by atoms with Gasteiger partial charge in [0.05, 0.1) is 0 Å². The monoisotopic (exact) mass is 270 g/mol. The molecule has 0 spiro atoms. The van der Waals surface area contributed by atoms with Crippen LogP contribution in [0.4, 0.5) is 5.69 Å². The molecule has 2 aromatic rings. The third kappa shape index (κ3) is 3.75. The van der Waals surface area contributed by atoms with E-state index >= 15 is 0 Å². The molecule has 0 aromatic heterocycles. The van der Waals surface area contributed by atoms with Gasteiger partial charge in [-0.15, -0.1) is 0 Å². The molecule has 0 heterocycles. The van der Waals surface area contributed by atoms with Crippen LogP contribution in [0.3, 0.4) is 0 Å². The Kier molecular flexibility index (Phi) is 4.64. The molecule has 0 aliphatic rings. The van der Waals surface area contributed by atoms with Gasteiger partial charge in [0.15, 0.2) is 0 Å². The average molecular weight is 270 g/mol. The minimum atomic E-state index is 0.341. The molecule has 0 unspecified atom stereocenters. The van der Waals surface area contributed by atoms with Crippen molar-refractivity contribution in [3.05, 3.63) is 59.2 Å². The Hall–Kier alpha value is -2.00. The number of nitrogens with zero attached hydrogens (tertiary/aromatic N) is 1. The number of phenolic OH excluding ortho intramolecular Hbond substituents is 1. The highest BCUT2D eigenvalue weighted by Gasteiger charge is 2.05. The van der Waals surface area contributed by atoms with Gasteiger partial charge in [-0.2, -0.15) is 0 Å². The molecular weight excluding hydrogens is 248 g/mol. The van der Waals surface area contributed by atoms with Crippen molar-refractivity contribution in [1.82, 2.24) is 4.90 Å². The Morgan fingerprint density at radius 2 is 1.80 bits per heavy atom. The molecule has 0 bridgehead atoms. The molecule has 2 N–H and O–H groups in total. The van der Waals surface area contributed by atoms with Crippen LogP contribution in [-0.4, -0.2) is 24.1 Å². The Morgan fingerprint density at radius 1 is 1.05 bits per heavy atom. The minimum Gasteiger partial charge on any atom is -0.508 e. The first-order chi connectivity index (χ1) is 9.56. The van der Waals surface area contributed by atoms with Crippen molar-refractivity contribution in [1.29, 1.82) is 0 Å². The Morgan fingerprint density at radius 3 is 2.55 bits per heavy atom. The lowest BCUT2D eigenvalue weighted by atomic mass is 10.1. The molecule has 2 aromatic carbocycles. The van der Waals surface area contributed by atoms with Gasteiger partial charge in [0, 0.05) is 24.3 Å². The van der Waals surface area contributed by atoms with E-state index in [1.165, 1.54) is 5.56 Å². The van der Waals surface area contributed by atoms with Crippen molar-refractivity contribution >= 4 is 5.69 Å². The highest BCUT2D eigenvalue weighted by Crippen LogP contribution is 2.22.